The number of aliphatic hydroxyl groups is 1. The van der Waals surface area contributed by atoms with Crippen molar-refractivity contribution in [1.29, 1.82) is 5.26 Å². The average molecular weight is 460 g/mol. The van der Waals surface area contributed by atoms with Gasteiger partial charge in [0.25, 0.3) is 0 Å². The molecule has 0 amide bonds. The Morgan fingerprint density at radius 1 is 1.12 bits per heavy atom. The number of hydrogen-bond acceptors (Lipinski definition) is 11. The third-order valence-electron chi connectivity index (χ3n) is 4.87. The third-order valence-corrected chi connectivity index (χ3v) is 4.87. The maximum Gasteiger partial charge on any atom is 0.250 e. The van der Waals surface area contributed by atoms with Gasteiger partial charge in [0.2, 0.25) is 17.8 Å². The summed E-state index contributed by atoms with van der Waals surface area (Å²) in [4.78, 5) is 15.5. The molecule has 1 saturated heterocycles. The normalized spacial score (nSPS) is 13.5. The highest BCUT2D eigenvalue weighted by Crippen LogP contribution is 2.20. The van der Waals surface area contributed by atoms with Crippen molar-refractivity contribution in [1.82, 2.24) is 15.0 Å². The number of benzene rings is 2. The molecule has 11 heteroatoms. The molecule has 0 radical (unpaired) electrons. The van der Waals surface area contributed by atoms with E-state index in [4.69, 9.17) is 14.7 Å². The molecule has 3 N–H and O–H groups in total. The first-order valence-electron chi connectivity index (χ1n) is 10.7. The summed E-state index contributed by atoms with van der Waals surface area (Å²) in [5, 5.41) is 25.7. The van der Waals surface area contributed by atoms with Crippen LogP contribution in [0.2, 0.25) is 0 Å². The van der Waals surface area contributed by atoms with Crippen molar-refractivity contribution in [3.05, 3.63) is 59.7 Å². The summed E-state index contributed by atoms with van der Waals surface area (Å²) >= 11 is 0. The number of rotatable bonds is 9. The standard InChI is InChI=1S/C23H24N8O3/c24-8-11-34-20-7-6-17(14-18(20)16-32)15-25-30-22-27-21(26-19-4-2-1-3-5-19)28-23(29-22)31-9-12-33-13-10-31/h1-7,14-15,32H,9-13,16H2,(H2,26,27,28,29,30)/b25-15+. The van der Waals surface area contributed by atoms with Gasteiger partial charge in [-0.1, -0.05) is 18.2 Å². The fourth-order valence-corrected chi connectivity index (χ4v) is 3.24. The summed E-state index contributed by atoms with van der Waals surface area (Å²) in [6.45, 7) is 2.26. The van der Waals surface area contributed by atoms with E-state index in [9.17, 15) is 5.11 Å². The van der Waals surface area contributed by atoms with Crippen LogP contribution < -0.4 is 20.4 Å². The molecule has 0 atom stereocenters. The molecule has 4 rings (SSSR count). The second-order valence-corrected chi connectivity index (χ2v) is 7.22. The number of nitrogens with one attached hydrogen (secondary N) is 2. The number of para-hydroxylation sites is 1. The molecule has 1 aliphatic rings. The second kappa shape index (κ2) is 11.6. The van der Waals surface area contributed by atoms with E-state index in [1.807, 2.05) is 41.3 Å². The van der Waals surface area contributed by atoms with E-state index < -0.39 is 0 Å². The molecule has 174 valence electrons. The number of hydrazone groups is 1. The molecule has 2 aromatic carbocycles. The van der Waals surface area contributed by atoms with Gasteiger partial charge in [0.05, 0.1) is 26.0 Å². The molecule has 1 aliphatic heterocycles. The maximum atomic E-state index is 9.58. The molecule has 0 saturated carbocycles. The van der Waals surface area contributed by atoms with Gasteiger partial charge in [0, 0.05) is 24.3 Å². The van der Waals surface area contributed by atoms with Gasteiger partial charge in [-0.05, 0) is 35.9 Å². The van der Waals surface area contributed by atoms with E-state index in [1.165, 1.54) is 0 Å². The quantitative estimate of drug-likeness (QED) is 0.322. The van der Waals surface area contributed by atoms with Crippen molar-refractivity contribution < 1.29 is 14.6 Å². The molecule has 0 bridgehead atoms. The molecule has 34 heavy (non-hydrogen) atoms. The molecule has 11 nitrogen and oxygen atoms in total. The van der Waals surface area contributed by atoms with Gasteiger partial charge in [-0.15, -0.1) is 0 Å². The minimum Gasteiger partial charge on any atom is -0.478 e. The van der Waals surface area contributed by atoms with Gasteiger partial charge in [0.15, 0.2) is 6.61 Å². The summed E-state index contributed by atoms with van der Waals surface area (Å²) in [6, 6.07) is 16.7. The zero-order chi connectivity index (χ0) is 23.6. The first-order chi connectivity index (χ1) is 16.7. The zero-order valence-electron chi connectivity index (χ0n) is 18.4. The van der Waals surface area contributed by atoms with Crippen LogP contribution in [-0.2, 0) is 11.3 Å². The number of nitrogens with zero attached hydrogens (tertiary/aromatic N) is 6. The van der Waals surface area contributed by atoms with E-state index >= 15 is 0 Å². The Morgan fingerprint density at radius 3 is 2.68 bits per heavy atom. The van der Waals surface area contributed by atoms with E-state index in [1.54, 1.807) is 24.4 Å². The molecule has 0 aliphatic carbocycles. The van der Waals surface area contributed by atoms with E-state index in [-0.39, 0.29) is 19.2 Å². The molecular weight excluding hydrogens is 436 g/mol. The van der Waals surface area contributed by atoms with Gasteiger partial charge in [0.1, 0.15) is 11.8 Å². The van der Waals surface area contributed by atoms with Gasteiger partial charge < -0.3 is 24.8 Å². The number of aliphatic hydroxyl groups excluding tert-OH is 1. The minimum atomic E-state index is -0.221. The number of anilines is 4. The van der Waals surface area contributed by atoms with Crippen molar-refractivity contribution in [3.8, 4) is 11.8 Å². The Labute approximate surface area is 196 Å². The lowest BCUT2D eigenvalue weighted by molar-refractivity contribution is 0.122. The van der Waals surface area contributed by atoms with Crippen LogP contribution >= 0.6 is 0 Å². The highest BCUT2D eigenvalue weighted by atomic mass is 16.5. The van der Waals surface area contributed by atoms with Crippen LogP contribution in [0.5, 0.6) is 5.75 Å². The van der Waals surface area contributed by atoms with Crippen LogP contribution in [0.4, 0.5) is 23.5 Å². The van der Waals surface area contributed by atoms with Crippen molar-refractivity contribution >= 4 is 29.7 Å². The van der Waals surface area contributed by atoms with E-state index in [0.717, 1.165) is 11.3 Å². The summed E-state index contributed by atoms with van der Waals surface area (Å²) in [5.74, 6) is 1.65. The van der Waals surface area contributed by atoms with Gasteiger partial charge >= 0.3 is 0 Å². The largest absolute Gasteiger partial charge is 0.478 e. The summed E-state index contributed by atoms with van der Waals surface area (Å²) < 4.78 is 10.7. The number of nitriles is 1. The lowest BCUT2D eigenvalue weighted by atomic mass is 10.1. The minimum absolute atomic E-state index is 0.0911. The van der Waals surface area contributed by atoms with Crippen LogP contribution in [-0.4, -0.2) is 59.2 Å². The maximum absolute atomic E-state index is 9.58. The van der Waals surface area contributed by atoms with Crippen molar-refractivity contribution in [2.75, 3.05) is 48.6 Å². The summed E-state index contributed by atoms with van der Waals surface area (Å²) in [6.07, 6.45) is 1.58. The van der Waals surface area contributed by atoms with Crippen molar-refractivity contribution in [2.24, 2.45) is 5.10 Å². The van der Waals surface area contributed by atoms with Crippen molar-refractivity contribution in [2.45, 2.75) is 6.61 Å². The molecule has 1 fully saturated rings. The van der Waals surface area contributed by atoms with Crippen LogP contribution in [0.3, 0.4) is 0 Å². The predicted molar refractivity (Wildman–Crippen MR) is 127 cm³/mol. The first-order valence-corrected chi connectivity index (χ1v) is 10.7. The Bertz CT molecular complexity index is 1160. The Hall–Kier alpha value is -4.27. The molecule has 2 heterocycles. The molecule has 0 unspecified atom stereocenters. The van der Waals surface area contributed by atoms with E-state index in [2.05, 4.69) is 30.8 Å². The number of aromatic nitrogens is 3. The lowest BCUT2D eigenvalue weighted by Crippen LogP contribution is -2.37. The molecule has 3 aromatic rings. The molecular formula is C23H24N8O3. The van der Waals surface area contributed by atoms with Gasteiger partial charge in [-0.3, -0.25) is 0 Å². The fourth-order valence-electron chi connectivity index (χ4n) is 3.24. The number of morpholine rings is 1. The summed E-state index contributed by atoms with van der Waals surface area (Å²) in [7, 11) is 0. The Kier molecular flexibility index (Phi) is 7.78. The van der Waals surface area contributed by atoms with Crippen LogP contribution in [0.25, 0.3) is 0 Å². The Morgan fingerprint density at radius 2 is 1.91 bits per heavy atom. The SMILES string of the molecule is N#CCOc1ccc(/C=N/Nc2nc(Nc3ccccc3)nc(N3CCOCC3)n2)cc1CO. The molecule has 0 spiro atoms. The number of ether oxygens (including phenoxy) is 2. The first kappa shape index (κ1) is 22.9. The van der Waals surface area contributed by atoms with Gasteiger partial charge in [-0.25, -0.2) is 5.43 Å². The Balaban J connectivity index is 1.52. The van der Waals surface area contributed by atoms with Crippen LogP contribution in [0.1, 0.15) is 11.1 Å². The third kappa shape index (κ3) is 6.16. The van der Waals surface area contributed by atoms with Crippen LogP contribution in [0, 0.1) is 11.3 Å². The lowest BCUT2D eigenvalue weighted by Gasteiger charge is -2.27. The zero-order valence-corrected chi connectivity index (χ0v) is 18.4. The average Bonchev–Trinajstić information content (AvgIpc) is 2.89. The van der Waals surface area contributed by atoms with E-state index in [0.29, 0.717) is 49.5 Å². The van der Waals surface area contributed by atoms with Crippen molar-refractivity contribution in [3.63, 3.8) is 0 Å². The predicted octanol–water partition coefficient (Wildman–Crippen LogP) is 2.29. The molecule has 1 aromatic heterocycles. The topological polar surface area (TPSA) is 141 Å². The summed E-state index contributed by atoms with van der Waals surface area (Å²) in [5.41, 5.74) is 5.00. The fraction of sp³-hybridized carbons (Fsp3) is 0.261. The highest BCUT2D eigenvalue weighted by Gasteiger charge is 2.16. The monoisotopic (exact) mass is 460 g/mol. The van der Waals surface area contributed by atoms with Gasteiger partial charge in [-0.2, -0.15) is 25.3 Å². The highest BCUT2D eigenvalue weighted by molar-refractivity contribution is 5.80. The van der Waals surface area contributed by atoms with Crippen LogP contribution in [0.15, 0.2) is 53.6 Å². The second-order valence-electron chi connectivity index (χ2n) is 7.22. The number of hydrogen-bond donors (Lipinski definition) is 3. The smallest absolute Gasteiger partial charge is 0.250 e.